The van der Waals surface area contributed by atoms with Crippen molar-refractivity contribution in [1.29, 1.82) is 0 Å². The number of aliphatic hydroxyl groups is 1. The summed E-state index contributed by atoms with van der Waals surface area (Å²) >= 11 is 0. The second-order valence-electron chi connectivity index (χ2n) is 12.7. The molecule has 214 valence electrons. The van der Waals surface area contributed by atoms with Crippen LogP contribution >= 0.6 is 0 Å². The molecule has 0 saturated heterocycles. The average molecular weight is 559 g/mol. The standard InChI is InChI=1S/C37H38N2O3/c1-37(2)34(38(21-20-35(41)42)33-18-14-26-6-3-4-7-28(26)36(33)37)19-13-24-12-17-32-30(22-24)29-8-5-9-31(29)39(32)27-15-10-25(23-40)11-16-27/h3-4,6-7,10-19,22,29,31,34,40H,5,8-9,20-21,23H2,1-2H3,(H,41,42). The first kappa shape index (κ1) is 26.8. The second-order valence-corrected chi connectivity index (χ2v) is 12.7. The third-order valence-corrected chi connectivity index (χ3v) is 9.89. The highest BCUT2D eigenvalue weighted by molar-refractivity contribution is 5.93. The van der Waals surface area contributed by atoms with Gasteiger partial charge in [-0.15, -0.1) is 0 Å². The zero-order chi connectivity index (χ0) is 29.0. The summed E-state index contributed by atoms with van der Waals surface area (Å²) in [6.07, 6.45) is 8.27. The van der Waals surface area contributed by atoms with Gasteiger partial charge < -0.3 is 20.0 Å². The zero-order valence-corrected chi connectivity index (χ0v) is 24.3. The van der Waals surface area contributed by atoms with E-state index in [-0.39, 0.29) is 24.5 Å². The first-order valence-electron chi connectivity index (χ1n) is 15.2. The number of aliphatic carboxylic acids is 1. The maximum atomic E-state index is 11.6. The van der Waals surface area contributed by atoms with Gasteiger partial charge in [0.2, 0.25) is 0 Å². The molecule has 4 aromatic rings. The third kappa shape index (κ3) is 4.30. The van der Waals surface area contributed by atoms with Crippen LogP contribution in [0.25, 0.3) is 16.8 Å². The number of rotatable bonds is 7. The molecule has 2 aliphatic heterocycles. The molecule has 2 N–H and O–H groups in total. The van der Waals surface area contributed by atoms with Crippen molar-refractivity contribution in [3.8, 4) is 0 Å². The van der Waals surface area contributed by atoms with Crippen LogP contribution in [0.1, 0.15) is 67.7 Å². The van der Waals surface area contributed by atoms with Crippen LogP contribution in [0.5, 0.6) is 0 Å². The van der Waals surface area contributed by atoms with Gasteiger partial charge in [-0.05, 0) is 76.2 Å². The molecule has 0 aromatic heterocycles. The minimum atomic E-state index is -0.773. The molecule has 3 aliphatic rings. The van der Waals surface area contributed by atoms with Crippen molar-refractivity contribution in [2.24, 2.45) is 0 Å². The molecule has 2 heterocycles. The molecule has 1 fully saturated rings. The number of carboxylic acids is 1. The molecule has 7 rings (SSSR count). The highest BCUT2D eigenvalue weighted by Crippen LogP contribution is 2.53. The molecule has 3 atom stereocenters. The molecule has 5 heteroatoms. The zero-order valence-electron chi connectivity index (χ0n) is 24.3. The molecule has 1 saturated carbocycles. The largest absolute Gasteiger partial charge is 0.481 e. The molecule has 0 bridgehead atoms. The van der Waals surface area contributed by atoms with Gasteiger partial charge in [0.25, 0.3) is 0 Å². The van der Waals surface area contributed by atoms with Crippen molar-refractivity contribution >= 4 is 39.9 Å². The minimum absolute atomic E-state index is 0.0340. The van der Waals surface area contributed by atoms with Crippen LogP contribution in [0, 0.1) is 0 Å². The van der Waals surface area contributed by atoms with Crippen molar-refractivity contribution in [3.63, 3.8) is 0 Å². The highest BCUT2D eigenvalue weighted by Gasteiger charge is 2.45. The number of anilines is 3. The monoisotopic (exact) mass is 558 g/mol. The Labute approximate surface area is 247 Å². The Bertz CT molecular complexity index is 1690. The molecular formula is C37H38N2O3. The summed E-state index contributed by atoms with van der Waals surface area (Å²) in [5.74, 6) is -0.249. The van der Waals surface area contributed by atoms with E-state index in [1.54, 1.807) is 0 Å². The molecule has 0 amide bonds. The van der Waals surface area contributed by atoms with Crippen LogP contribution < -0.4 is 9.80 Å². The number of carboxylic acid groups (broad SMARTS) is 1. The average Bonchev–Trinajstić information content (AvgIpc) is 3.65. The van der Waals surface area contributed by atoms with Crippen LogP contribution in [0.3, 0.4) is 0 Å². The lowest BCUT2D eigenvalue weighted by atomic mass is 9.78. The van der Waals surface area contributed by atoms with Gasteiger partial charge in [-0.2, -0.15) is 0 Å². The first-order valence-corrected chi connectivity index (χ1v) is 15.2. The van der Waals surface area contributed by atoms with Crippen LogP contribution in [-0.2, 0) is 16.8 Å². The van der Waals surface area contributed by atoms with Crippen molar-refractivity contribution < 1.29 is 15.0 Å². The summed E-state index contributed by atoms with van der Waals surface area (Å²) in [6.45, 7) is 5.11. The predicted octanol–water partition coefficient (Wildman–Crippen LogP) is 7.77. The van der Waals surface area contributed by atoms with Gasteiger partial charge in [0.05, 0.1) is 19.1 Å². The second kappa shape index (κ2) is 10.3. The normalized spacial score (nSPS) is 22.1. The Morgan fingerprint density at radius 3 is 2.55 bits per heavy atom. The summed E-state index contributed by atoms with van der Waals surface area (Å²) in [6, 6.07) is 28.5. The fourth-order valence-corrected chi connectivity index (χ4v) is 7.96. The number of nitrogens with zero attached hydrogens (tertiary/aromatic N) is 2. The quantitative estimate of drug-likeness (QED) is 0.243. The van der Waals surface area contributed by atoms with Gasteiger partial charge in [-0.3, -0.25) is 4.79 Å². The number of fused-ring (bicyclic) bond motifs is 6. The Kier molecular flexibility index (Phi) is 6.58. The van der Waals surface area contributed by atoms with Crippen molar-refractivity contribution in [1.82, 2.24) is 0 Å². The van der Waals surface area contributed by atoms with E-state index in [9.17, 15) is 15.0 Å². The summed E-state index contributed by atoms with van der Waals surface area (Å²) in [5, 5.41) is 21.5. The fraction of sp³-hybridized carbons (Fsp3) is 0.324. The van der Waals surface area contributed by atoms with Gasteiger partial charge in [0, 0.05) is 41.0 Å². The molecule has 5 nitrogen and oxygen atoms in total. The highest BCUT2D eigenvalue weighted by atomic mass is 16.4. The van der Waals surface area contributed by atoms with Crippen LogP contribution in [0.15, 0.2) is 84.9 Å². The van der Waals surface area contributed by atoms with E-state index in [1.807, 2.05) is 12.1 Å². The molecule has 4 aromatic carbocycles. The first-order chi connectivity index (χ1) is 20.4. The molecule has 0 spiro atoms. The smallest absolute Gasteiger partial charge is 0.305 e. The van der Waals surface area contributed by atoms with Gasteiger partial charge in [-0.25, -0.2) is 0 Å². The Balaban J connectivity index is 1.24. The van der Waals surface area contributed by atoms with Crippen molar-refractivity contribution in [3.05, 3.63) is 107 Å². The number of hydrogen-bond donors (Lipinski definition) is 2. The van der Waals surface area contributed by atoms with Crippen molar-refractivity contribution in [2.45, 2.75) is 69.6 Å². The van der Waals surface area contributed by atoms with Crippen molar-refractivity contribution in [2.75, 3.05) is 16.3 Å². The molecule has 1 aliphatic carbocycles. The van der Waals surface area contributed by atoms with Gasteiger partial charge in [-0.1, -0.05) is 81.0 Å². The van der Waals surface area contributed by atoms with Crippen LogP contribution in [-0.4, -0.2) is 34.8 Å². The summed E-state index contributed by atoms with van der Waals surface area (Å²) in [7, 11) is 0. The third-order valence-electron chi connectivity index (χ3n) is 9.89. The topological polar surface area (TPSA) is 64.0 Å². The maximum Gasteiger partial charge on any atom is 0.305 e. The van der Waals surface area contributed by atoms with E-state index >= 15 is 0 Å². The Morgan fingerprint density at radius 1 is 0.976 bits per heavy atom. The Hall–Kier alpha value is -4.09. The summed E-state index contributed by atoms with van der Waals surface area (Å²) in [5.41, 5.74) is 8.27. The fourth-order valence-electron chi connectivity index (χ4n) is 7.96. The maximum absolute atomic E-state index is 11.6. The minimum Gasteiger partial charge on any atom is -0.481 e. The van der Waals surface area contributed by atoms with E-state index in [2.05, 4.69) is 103 Å². The van der Waals surface area contributed by atoms with E-state index in [0.29, 0.717) is 18.5 Å². The number of carbonyl (C=O) groups is 1. The van der Waals surface area contributed by atoms with Gasteiger partial charge >= 0.3 is 5.97 Å². The summed E-state index contributed by atoms with van der Waals surface area (Å²) < 4.78 is 0. The van der Waals surface area contributed by atoms with Gasteiger partial charge in [0.1, 0.15) is 0 Å². The molecule has 0 radical (unpaired) electrons. The SMILES string of the molecule is CC1(C)c2c(ccc3ccccc23)N(CCC(=O)O)C1C=Cc1ccc2c(c1)C1CCCC1N2c1ccc(CO)cc1. The van der Waals surface area contributed by atoms with Crippen LogP contribution in [0.2, 0.25) is 0 Å². The van der Waals surface area contributed by atoms with E-state index < -0.39 is 5.97 Å². The molecule has 3 unspecified atom stereocenters. The van der Waals surface area contributed by atoms with Gasteiger partial charge in [0.15, 0.2) is 0 Å². The molecular weight excluding hydrogens is 520 g/mol. The van der Waals surface area contributed by atoms with Crippen LogP contribution in [0.4, 0.5) is 17.1 Å². The Morgan fingerprint density at radius 2 is 1.76 bits per heavy atom. The number of aliphatic hydroxyl groups excluding tert-OH is 1. The summed E-state index contributed by atoms with van der Waals surface area (Å²) in [4.78, 5) is 16.4. The lowest BCUT2D eigenvalue weighted by Gasteiger charge is -2.32. The number of hydrogen-bond acceptors (Lipinski definition) is 4. The van der Waals surface area contributed by atoms with E-state index in [0.717, 1.165) is 11.3 Å². The molecule has 42 heavy (non-hydrogen) atoms. The lowest BCUT2D eigenvalue weighted by molar-refractivity contribution is -0.136. The van der Waals surface area contributed by atoms with E-state index in [4.69, 9.17) is 0 Å². The lowest BCUT2D eigenvalue weighted by Crippen LogP contribution is -2.41. The number of benzene rings is 4. The van der Waals surface area contributed by atoms with E-state index in [1.165, 1.54) is 58.1 Å². The predicted molar refractivity (Wildman–Crippen MR) is 171 cm³/mol.